The van der Waals surface area contributed by atoms with E-state index in [1.807, 2.05) is 0 Å². The third-order valence-electron chi connectivity index (χ3n) is 2.84. The van der Waals surface area contributed by atoms with Crippen molar-refractivity contribution in [1.82, 2.24) is 0 Å². The molecule has 1 nitrogen and oxygen atoms in total. The van der Waals surface area contributed by atoms with Gasteiger partial charge >= 0.3 is 0 Å². The Labute approximate surface area is 99.5 Å². The molecule has 0 aromatic heterocycles. The number of phenolic OH excluding ortho intramolecular Hbond substituents is 1. The van der Waals surface area contributed by atoms with Gasteiger partial charge in [-0.2, -0.15) is 0 Å². The fourth-order valence-electron chi connectivity index (χ4n) is 2.06. The molecule has 1 heteroatoms. The molecule has 0 bridgehead atoms. The summed E-state index contributed by atoms with van der Waals surface area (Å²) in [6.45, 7) is 10.8. The summed E-state index contributed by atoms with van der Waals surface area (Å²) in [5.74, 6) is 1.70. The van der Waals surface area contributed by atoms with Crippen LogP contribution in [0, 0.1) is 18.8 Å². The van der Waals surface area contributed by atoms with Gasteiger partial charge in [0.15, 0.2) is 0 Å². The van der Waals surface area contributed by atoms with E-state index in [9.17, 15) is 5.11 Å². The lowest BCUT2D eigenvalue weighted by atomic mass is 9.92. The van der Waals surface area contributed by atoms with Crippen molar-refractivity contribution in [1.29, 1.82) is 0 Å². The summed E-state index contributed by atoms with van der Waals surface area (Å²) in [7, 11) is 0. The van der Waals surface area contributed by atoms with Gasteiger partial charge in [-0.15, -0.1) is 0 Å². The zero-order valence-electron chi connectivity index (χ0n) is 11.2. The Balaban J connectivity index is 3.06. The van der Waals surface area contributed by atoms with Crippen molar-refractivity contribution in [2.45, 2.75) is 47.5 Å². The fraction of sp³-hybridized carbons (Fsp3) is 0.600. The molecule has 0 saturated heterocycles. The van der Waals surface area contributed by atoms with Crippen LogP contribution < -0.4 is 0 Å². The second-order valence-electron chi connectivity index (χ2n) is 5.56. The van der Waals surface area contributed by atoms with E-state index in [1.165, 1.54) is 5.56 Å². The number of aromatic hydroxyl groups is 1. The lowest BCUT2D eigenvalue weighted by Crippen LogP contribution is -2.02. The first kappa shape index (κ1) is 13.1. The van der Waals surface area contributed by atoms with Crippen LogP contribution in [-0.4, -0.2) is 5.11 Å². The van der Waals surface area contributed by atoms with E-state index >= 15 is 0 Å². The van der Waals surface area contributed by atoms with E-state index in [0.717, 1.165) is 24.0 Å². The van der Waals surface area contributed by atoms with Crippen molar-refractivity contribution in [2.24, 2.45) is 11.8 Å². The zero-order valence-corrected chi connectivity index (χ0v) is 11.2. The highest BCUT2D eigenvalue weighted by atomic mass is 16.3. The molecular formula is C15H24O. The minimum absolute atomic E-state index is 0.530. The fourth-order valence-corrected chi connectivity index (χ4v) is 2.06. The average Bonchev–Trinajstić information content (AvgIpc) is 2.16. The summed E-state index contributed by atoms with van der Waals surface area (Å²) in [6, 6.07) is 4.20. The van der Waals surface area contributed by atoms with Crippen LogP contribution in [0.25, 0.3) is 0 Å². The molecule has 0 radical (unpaired) electrons. The highest BCUT2D eigenvalue weighted by molar-refractivity contribution is 5.45. The Morgan fingerprint density at radius 1 is 1.00 bits per heavy atom. The Morgan fingerprint density at radius 2 is 1.56 bits per heavy atom. The quantitative estimate of drug-likeness (QED) is 0.810. The second kappa shape index (κ2) is 5.38. The van der Waals surface area contributed by atoms with Crippen LogP contribution >= 0.6 is 0 Å². The normalized spacial score (nSPS) is 11.4. The standard InChI is InChI=1S/C15H24O/c1-10(2)8-13-7-6-12(5)14(15(13)16)9-11(3)4/h6-7,10-11,16H,8-9H2,1-5H3. The van der Waals surface area contributed by atoms with Gasteiger partial charge < -0.3 is 5.11 Å². The zero-order chi connectivity index (χ0) is 12.3. The van der Waals surface area contributed by atoms with Gasteiger partial charge in [0, 0.05) is 0 Å². The SMILES string of the molecule is Cc1ccc(CC(C)C)c(O)c1CC(C)C. The minimum Gasteiger partial charge on any atom is -0.507 e. The van der Waals surface area contributed by atoms with Crippen molar-refractivity contribution in [2.75, 3.05) is 0 Å². The molecule has 0 aliphatic heterocycles. The van der Waals surface area contributed by atoms with Gasteiger partial charge in [-0.3, -0.25) is 0 Å². The number of rotatable bonds is 4. The summed E-state index contributed by atoms with van der Waals surface area (Å²) in [4.78, 5) is 0. The number of hydrogen-bond acceptors (Lipinski definition) is 1. The highest BCUT2D eigenvalue weighted by Gasteiger charge is 2.12. The largest absolute Gasteiger partial charge is 0.507 e. The van der Waals surface area contributed by atoms with E-state index in [2.05, 4.69) is 46.8 Å². The molecule has 0 atom stereocenters. The van der Waals surface area contributed by atoms with Crippen LogP contribution in [0.2, 0.25) is 0 Å². The van der Waals surface area contributed by atoms with Gasteiger partial charge in [0.05, 0.1) is 0 Å². The summed E-state index contributed by atoms with van der Waals surface area (Å²) in [5.41, 5.74) is 3.43. The average molecular weight is 220 g/mol. The molecular weight excluding hydrogens is 196 g/mol. The first-order valence-electron chi connectivity index (χ1n) is 6.22. The Hall–Kier alpha value is -0.980. The van der Waals surface area contributed by atoms with Crippen LogP contribution in [0.15, 0.2) is 12.1 Å². The summed E-state index contributed by atoms with van der Waals surface area (Å²) in [6.07, 6.45) is 1.92. The molecule has 0 aliphatic carbocycles. The van der Waals surface area contributed by atoms with Crippen molar-refractivity contribution >= 4 is 0 Å². The van der Waals surface area contributed by atoms with E-state index in [0.29, 0.717) is 17.6 Å². The van der Waals surface area contributed by atoms with E-state index < -0.39 is 0 Å². The first-order chi connectivity index (χ1) is 7.41. The van der Waals surface area contributed by atoms with Gasteiger partial charge in [0.25, 0.3) is 0 Å². The number of aryl methyl sites for hydroxylation is 1. The third kappa shape index (κ3) is 3.26. The third-order valence-corrected chi connectivity index (χ3v) is 2.84. The first-order valence-corrected chi connectivity index (χ1v) is 6.22. The maximum Gasteiger partial charge on any atom is 0.122 e. The van der Waals surface area contributed by atoms with Gasteiger partial charge in [-0.1, -0.05) is 39.8 Å². The smallest absolute Gasteiger partial charge is 0.122 e. The molecule has 1 aromatic rings. The van der Waals surface area contributed by atoms with Crippen LogP contribution in [-0.2, 0) is 12.8 Å². The van der Waals surface area contributed by atoms with Crippen LogP contribution in [0.4, 0.5) is 0 Å². The van der Waals surface area contributed by atoms with Gasteiger partial charge in [-0.25, -0.2) is 0 Å². The van der Waals surface area contributed by atoms with Crippen LogP contribution in [0.3, 0.4) is 0 Å². The van der Waals surface area contributed by atoms with E-state index in [-0.39, 0.29) is 0 Å². The molecule has 0 spiro atoms. The molecule has 1 N–H and O–H groups in total. The van der Waals surface area contributed by atoms with Crippen molar-refractivity contribution < 1.29 is 5.11 Å². The van der Waals surface area contributed by atoms with Crippen LogP contribution in [0.5, 0.6) is 5.75 Å². The summed E-state index contributed by atoms with van der Waals surface area (Å²) >= 11 is 0. The molecule has 16 heavy (non-hydrogen) atoms. The molecule has 0 heterocycles. The molecule has 1 aromatic carbocycles. The topological polar surface area (TPSA) is 20.2 Å². The van der Waals surface area contributed by atoms with E-state index in [1.54, 1.807) is 0 Å². The summed E-state index contributed by atoms with van der Waals surface area (Å²) < 4.78 is 0. The monoisotopic (exact) mass is 220 g/mol. The molecule has 0 aliphatic rings. The van der Waals surface area contributed by atoms with Crippen molar-refractivity contribution in [3.63, 3.8) is 0 Å². The molecule has 0 amide bonds. The van der Waals surface area contributed by atoms with Crippen molar-refractivity contribution in [3.8, 4) is 5.75 Å². The summed E-state index contributed by atoms with van der Waals surface area (Å²) in [5, 5.41) is 10.3. The minimum atomic E-state index is 0.530. The molecule has 0 unspecified atom stereocenters. The van der Waals surface area contributed by atoms with Gasteiger partial charge in [0.2, 0.25) is 0 Å². The van der Waals surface area contributed by atoms with Gasteiger partial charge in [-0.05, 0) is 48.3 Å². The van der Waals surface area contributed by atoms with Crippen LogP contribution in [0.1, 0.15) is 44.4 Å². The lowest BCUT2D eigenvalue weighted by molar-refractivity contribution is 0.449. The number of hydrogen-bond donors (Lipinski definition) is 1. The number of benzene rings is 1. The number of phenols is 1. The maximum atomic E-state index is 10.3. The molecule has 0 saturated carbocycles. The highest BCUT2D eigenvalue weighted by Crippen LogP contribution is 2.29. The maximum absolute atomic E-state index is 10.3. The predicted octanol–water partition coefficient (Wildman–Crippen LogP) is 4.10. The Bertz CT molecular complexity index is 351. The Kier molecular flexibility index (Phi) is 4.40. The molecule has 1 rings (SSSR count). The van der Waals surface area contributed by atoms with Crippen molar-refractivity contribution in [3.05, 3.63) is 28.8 Å². The lowest BCUT2D eigenvalue weighted by Gasteiger charge is -2.15. The molecule has 0 fully saturated rings. The van der Waals surface area contributed by atoms with E-state index in [4.69, 9.17) is 0 Å². The second-order valence-corrected chi connectivity index (χ2v) is 5.56. The molecule has 90 valence electrons. The predicted molar refractivity (Wildman–Crippen MR) is 69.9 cm³/mol. The van der Waals surface area contributed by atoms with Gasteiger partial charge in [0.1, 0.15) is 5.75 Å². The Morgan fingerprint density at radius 3 is 2.06 bits per heavy atom.